The minimum atomic E-state index is -0.664. The van der Waals surface area contributed by atoms with Crippen molar-refractivity contribution in [2.45, 2.75) is 32.4 Å². The predicted molar refractivity (Wildman–Crippen MR) is 73.0 cm³/mol. The zero-order chi connectivity index (χ0) is 14.9. The van der Waals surface area contributed by atoms with Crippen LogP contribution in [0.1, 0.15) is 25.8 Å². The van der Waals surface area contributed by atoms with Crippen LogP contribution in [0.15, 0.2) is 12.3 Å². The number of nitrogens with zero attached hydrogens (tertiary/aromatic N) is 3. The minimum Gasteiger partial charge on any atom is -0.357 e. The standard InChI is InChI=1S/C13H13ClN4O2/c1-7(2)18-11(19)4-10(13(18)20)17-12-9(14)3-8(5-15)6-16-12/h3,6-7,10H,4H2,1-2H3,(H,16,17)/t10-/m0/s1. The summed E-state index contributed by atoms with van der Waals surface area (Å²) in [5, 5.41) is 11.8. The Balaban J connectivity index is 2.18. The molecule has 0 unspecified atom stereocenters. The van der Waals surface area contributed by atoms with Gasteiger partial charge in [0.25, 0.3) is 5.91 Å². The minimum absolute atomic E-state index is 0.0784. The highest BCUT2D eigenvalue weighted by Gasteiger charge is 2.40. The molecule has 7 heteroatoms. The lowest BCUT2D eigenvalue weighted by Gasteiger charge is -2.19. The third-order valence-corrected chi connectivity index (χ3v) is 3.27. The van der Waals surface area contributed by atoms with Crippen molar-refractivity contribution in [3.05, 3.63) is 22.8 Å². The van der Waals surface area contributed by atoms with Crippen LogP contribution in [-0.4, -0.2) is 33.8 Å². The van der Waals surface area contributed by atoms with E-state index in [-0.39, 0.29) is 29.3 Å². The Kier molecular flexibility index (Phi) is 3.91. The van der Waals surface area contributed by atoms with E-state index in [9.17, 15) is 9.59 Å². The summed E-state index contributed by atoms with van der Waals surface area (Å²) in [4.78, 5) is 29.1. The number of imide groups is 1. The second-order valence-corrected chi connectivity index (χ2v) is 5.17. The van der Waals surface area contributed by atoms with Gasteiger partial charge in [0.15, 0.2) is 0 Å². The van der Waals surface area contributed by atoms with Gasteiger partial charge in [0.2, 0.25) is 5.91 Å². The van der Waals surface area contributed by atoms with Crippen molar-refractivity contribution in [2.24, 2.45) is 0 Å². The number of nitrogens with one attached hydrogen (secondary N) is 1. The Hall–Kier alpha value is -2.13. The van der Waals surface area contributed by atoms with Gasteiger partial charge >= 0.3 is 0 Å². The molecule has 0 aliphatic carbocycles. The molecule has 1 saturated heterocycles. The van der Waals surface area contributed by atoms with E-state index < -0.39 is 6.04 Å². The van der Waals surface area contributed by atoms with Crippen LogP contribution in [0.3, 0.4) is 0 Å². The zero-order valence-electron chi connectivity index (χ0n) is 11.1. The molecule has 0 bridgehead atoms. The number of hydrogen-bond donors (Lipinski definition) is 1. The molecule has 6 nitrogen and oxygen atoms in total. The van der Waals surface area contributed by atoms with E-state index in [1.54, 1.807) is 13.8 Å². The molecule has 104 valence electrons. The third kappa shape index (κ3) is 2.58. The number of anilines is 1. The van der Waals surface area contributed by atoms with Crippen LogP contribution < -0.4 is 5.32 Å². The van der Waals surface area contributed by atoms with Gasteiger partial charge in [-0.05, 0) is 19.9 Å². The van der Waals surface area contributed by atoms with Gasteiger partial charge in [0, 0.05) is 12.2 Å². The van der Waals surface area contributed by atoms with Crippen LogP contribution in [0.4, 0.5) is 5.82 Å². The quantitative estimate of drug-likeness (QED) is 0.854. The molecule has 1 atom stereocenters. The highest BCUT2D eigenvalue weighted by atomic mass is 35.5. The smallest absolute Gasteiger partial charge is 0.252 e. The number of pyridine rings is 1. The normalized spacial score (nSPS) is 18.6. The molecule has 0 radical (unpaired) electrons. The van der Waals surface area contributed by atoms with Gasteiger partial charge in [-0.15, -0.1) is 0 Å². The van der Waals surface area contributed by atoms with Crippen molar-refractivity contribution in [3.63, 3.8) is 0 Å². The van der Waals surface area contributed by atoms with E-state index in [1.165, 1.54) is 17.2 Å². The highest BCUT2D eigenvalue weighted by molar-refractivity contribution is 6.33. The summed E-state index contributed by atoms with van der Waals surface area (Å²) in [5.74, 6) is -0.207. The van der Waals surface area contributed by atoms with E-state index >= 15 is 0 Å². The highest BCUT2D eigenvalue weighted by Crippen LogP contribution is 2.24. The Morgan fingerprint density at radius 2 is 2.25 bits per heavy atom. The van der Waals surface area contributed by atoms with E-state index in [1.807, 2.05) is 6.07 Å². The molecule has 1 fully saturated rings. The van der Waals surface area contributed by atoms with Gasteiger partial charge in [0.05, 0.1) is 17.0 Å². The number of nitriles is 1. The lowest BCUT2D eigenvalue weighted by molar-refractivity contribution is -0.140. The summed E-state index contributed by atoms with van der Waals surface area (Å²) in [6, 6.07) is 2.54. The molecule has 20 heavy (non-hydrogen) atoms. The average molecular weight is 293 g/mol. The second kappa shape index (κ2) is 5.47. The van der Waals surface area contributed by atoms with Gasteiger partial charge in [-0.3, -0.25) is 14.5 Å². The molecule has 1 aromatic rings. The first-order chi connectivity index (χ1) is 9.43. The molecule has 1 aliphatic rings. The maximum Gasteiger partial charge on any atom is 0.252 e. The van der Waals surface area contributed by atoms with Gasteiger partial charge < -0.3 is 5.32 Å². The molecule has 2 amide bonds. The van der Waals surface area contributed by atoms with Crippen molar-refractivity contribution < 1.29 is 9.59 Å². The number of aromatic nitrogens is 1. The second-order valence-electron chi connectivity index (χ2n) is 4.76. The number of likely N-dealkylation sites (tertiary alicyclic amines) is 1. The monoisotopic (exact) mass is 292 g/mol. The van der Waals surface area contributed by atoms with E-state index in [2.05, 4.69) is 10.3 Å². The first-order valence-electron chi connectivity index (χ1n) is 6.12. The first kappa shape index (κ1) is 14.3. The maximum absolute atomic E-state index is 12.1. The Bertz CT molecular complexity index is 609. The van der Waals surface area contributed by atoms with Crippen LogP contribution in [-0.2, 0) is 9.59 Å². The molecule has 1 aliphatic heterocycles. The lowest BCUT2D eigenvalue weighted by atomic mass is 10.2. The summed E-state index contributed by atoms with van der Waals surface area (Å²) in [6.45, 7) is 3.57. The first-order valence-corrected chi connectivity index (χ1v) is 6.50. The summed E-state index contributed by atoms with van der Waals surface area (Å²) in [6.07, 6.45) is 1.44. The number of carbonyl (C=O) groups is 2. The van der Waals surface area contributed by atoms with Crippen LogP contribution in [0.25, 0.3) is 0 Å². The maximum atomic E-state index is 12.1. The molecule has 1 aromatic heterocycles. The topological polar surface area (TPSA) is 86.1 Å². The summed E-state index contributed by atoms with van der Waals surface area (Å²) < 4.78 is 0. The molecule has 1 N–H and O–H groups in total. The number of halogens is 1. The van der Waals surface area contributed by atoms with E-state index in [0.717, 1.165) is 0 Å². The Labute approximate surface area is 121 Å². The molecular weight excluding hydrogens is 280 g/mol. The van der Waals surface area contributed by atoms with Crippen molar-refractivity contribution in [3.8, 4) is 6.07 Å². The van der Waals surface area contributed by atoms with Crippen molar-refractivity contribution in [1.29, 1.82) is 5.26 Å². The number of hydrogen-bond acceptors (Lipinski definition) is 5. The summed E-state index contributed by atoms with van der Waals surface area (Å²) >= 11 is 5.98. The third-order valence-electron chi connectivity index (χ3n) is 2.98. The fourth-order valence-corrected chi connectivity index (χ4v) is 2.30. The number of rotatable bonds is 3. The van der Waals surface area contributed by atoms with Crippen molar-refractivity contribution in [2.75, 3.05) is 5.32 Å². The summed E-state index contributed by atoms with van der Waals surface area (Å²) in [5.41, 5.74) is 0.332. The SMILES string of the molecule is CC(C)N1C(=O)C[C@H](Nc2ncc(C#N)cc2Cl)C1=O. The molecular formula is C13H13ClN4O2. The van der Waals surface area contributed by atoms with Crippen LogP contribution in [0, 0.1) is 11.3 Å². The molecule has 2 heterocycles. The summed E-state index contributed by atoms with van der Waals surface area (Å²) in [7, 11) is 0. The van der Waals surface area contributed by atoms with Crippen LogP contribution in [0.5, 0.6) is 0 Å². The largest absolute Gasteiger partial charge is 0.357 e. The zero-order valence-corrected chi connectivity index (χ0v) is 11.8. The van der Waals surface area contributed by atoms with Crippen LogP contribution in [0.2, 0.25) is 5.02 Å². The Morgan fingerprint density at radius 3 is 2.75 bits per heavy atom. The van der Waals surface area contributed by atoms with E-state index in [4.69, 9.17) is 16.9 Å². The van der Waals surface area contributed by atoms with Gasteiger partial charge in [-0.1, -0.05) is 11.6 Å². The fourth-order valence-electron chi connectivity index (χ4n) is 2.08. The van der Waals surface area contributed by atoms with Crippen LogP contribution >= 0.6 is 11.6 Å². The van der Waals surface area contributed by atoms with Gasteiger partial charge in [0.1, 0.15) is 17.9 Å². The van der Waals surface area contributed by atoms with Gasteiger partial charge in [-0.2, -0.15) is 5.26 Å². The molecule has 2 rings (SSSR count). The molecule has 0 saturated carbocycles. The lowest BCUT2D eigenvalue weighted by Crippen LogP contribution is -2.39. The Morgan fingerprint density at radius 1 is 1.55 bits per heavy atom. The van der Waals surface area contributed by atoms with Gasteiger partial charge in [-0.25, -0.2) is 4.98 Å². The predicted octanol–water partition coefficient (Wildman–Crippen LogP) is 1.55. The average Bonchev–Trinajstić information content (AvgIpc) is 2.66. The molecule has 0 aromatic carbocycles. The number of carbonyl (C=O) groups excluding carboxylic acids is 2. The number of amides is 2. The molecule has 0 spiro atoms. The van der Waals surface area contributed by atoms with Crippen molar-refractivity contribution >= 4 is 29.2 Å². The van der Waals surface area contributed by atoms with E-state index in [0.29, 0.717) is 11.4 Å². The van der Waals surface area contributed by atoms with Crippen molar-refractivity contribution in [1.82, 2.24) is 9.88 Å². The fraction of sp³-hybridized carbons (Fsp3) is 0.385.